The van der Waals surface area contributed by atoms with Crippen LogP contribution >= 0.6 is 0 Å². The number of hydrogen-bond acceptors (Lipinski definition) is 4. The Hall–Kier alpha value is -4.59. The number of aryl methyl sites for hydroxylation is 2. The normalized spacial score (nSPS) is 21.1. The van der Waals surface area contributed by atoms with E-state index in [0.29, 0.717) is 17.4 Å². The number of amides is 1. The molecular weight excluding hydrogens is 426 g/mol. The SMILES string of the molecule is Cc1ccc(N2C(N=C3N=c4[nH]c5ccccc5c4=N3)=NC23C(=O)Nc2ccccc23)cc1C. The van der Waals surface area contributed by atoms with E-state index in [4.69, 9.17) is 4.99 Å². The molecule has 0 fully saturated rings. The van der Waals surface area contributed by atoms with E-state index in [1.165, 1.54) is 5.56 Å². The van der Waals surface area contributed by atoms with Crippen molar-refractivity contribution in [2.45, 2.75) is 19.5 Å². The average molecular weight is 445 g/mol. The van der Waals surface area contributed by atoms with Gasteiger partial charge in [-0.3, -0.25) is 9.69 Å². The second-order valence-corrected chi connectivity index (χ2v) is 8.69. The van der Waals surface area contributed by atoms with Crippen molar-refractivity contribution in [3.63, 3.8) is 0 Å². The topological polar surface area (TPSA) is 97.6 Å². The molecule has 34 heavy (non-hydrogen) atoms. The second kappa shape index (κ2) is 6.48. The molecule has 0 aliphatic carbocycles. The van der Waals surface area contributed by atoms with Crippen LogP contribution < -0.4 is 21.1 Å². The molecule has 0 bridgehead atoms. The molecule has 0 saturated carbocycles. The first kappa shape index (κ1) is 18.9. The first-order chi connectivity index (χ1) is 16.5. The number of aromatic amines is 1. The fraction of sp³-hybridized carbons (Fsp3) is 0.115. The molecule has 4 heterocycles. The van der Waals surface area contributed by atoms with E-state index in [1.807, 2.05) is 65.6 Å². The maximum absolute atomic E-state index is 13.3. The highest BCUT2D eigenvalue weighted by atomic mass is 16.2. The molecule has 4 aromatic rings. The van der Waals surface area contributed by atoms with Gasteiger partial charge in [0, 0.05) is 27.8 Å². The molecule has 0 saturated heterocycles. The number of fused-ring (bicyclic) bond motifs is 5. The van der Waals surface area contributed by atoms with Gasteiger partial charge in [0.15, 0.2) is 5.49 Å². The molecule has 8 heteroatoms. The Morgan fingerprint density at radius 2 is 1.76 bits per heavy atom. The minimum absolute atomic E-state index is 0.201. The number of anilines is 2. The number of nitrogens with one attached hydrogen (secondary N) is 2. The lowest BCUT2D eigenvalue weighted by molar-refractivity contribution is -0.120. The average Bonchev–Trinajstić information content (AvgIpc) is 3.45. The maximum atomic E-state index is 13.3. The smallest absolute Gasteiger partial charge is 0.278 e. The quantitative estimate of drug-likeness (QED) is 0.471. The number of aromatic nitrogens is 1. The van der Waals surface area contributed by atoms with Crippen LogP contribution in [0.4, 0.5) is 11.4 Å². The summed E-state index contributed by atoms with van der Waals surface area (Å²) >= 11 is 0. The molecule has 8 nitrogen and oxygen atoms in total. The lowest BCUT2D eigenvalue weighted by atomic mass is 9.95. The van der Waals surface area contributed by atoms with Crippen LogP contribution in [0.3, 0.4) is 0 Å². The molecule has 0 radical (unpaired) electrons. The summed E-state index contributed by atoms with van der Waals surface area (Å²) in [6.45, 7) is 4.11. The van der Waals surface area contributed by atoms with Gasteiger partial charge in [0.05, 0.1) is 0 Å². The lowest BCUT2D eigenvalue weighted by Gasteiger charge is -2.44. The minimum atomic E-state index is -1.20. The van der Waals surface area contributed by atoms with Crippen molar-refractivity contribution in [3.8, 4) is 0 Å². The standard InChI is InChI=1S/C26H19N7O/c1-14-11-12-16(13-15(14)2)33-25(32-26(33)18-8-4-6-10-20(18)28-23(26)34)31-24-29-21-17-7-3-5-9-19(17)27-22(21)30-24/h3-13H,1-2H3,(H,28,34)(H,27,29,30,31,32). The minimum Gasteiger partial charge on any atom is -0.338 e. The second-order valence-electron chi connectivity index (χ2n) is 8.69. The number of nitrogens with zero attached hydrogens (tertiary/aromatic N) is 5. The van der Waals surface area contributed by atoms with Crippen molar-refractivity contribution in [2.75, 3.05) is 10.2 Å². The molecule has 1 unspecified atom stereocenters. The van der Waals surface area contributed by atoms with Gasteiger partial charge in [0.2, 0.25) is 11.6 Å². The summed E-state index contributed by atoms with van der Waals surface area (Å²) in [5, 5.41) is 4.74. The fourth-order valence-electron chi connectivity index (χ4n) is 4.82. The number of H-pyrrole nitrogens is 1. The predicted molar refractivity (Wildman–Crippen MR) is 131 cm³/mol. The Kier molecular flexibility index (Phi) is 3.61. The Bertz CT molecular complexity index is 1750. The van der Waals surface area contributed by atoms with Gasteiger partial charge in [-0.1, -0.05) is 42.5 Å². The summed E-state index contributed by atoms with van der Waals surface area (Å²) in [5.74, 6) is 0.501. The zero-order valence-corrected chi connectivity index (χ0v) is 18.5. The molecule has 1 atom stereocenters. The van der Waals surface area contributed by atoms with Crippen LogP contribution in [-0.2, 0) is 10.5 Å². The number of aliphatic imine (C=N–C) groups is 2. The van der Waals surface area contributed by atoms with Gasteiger partial charge < -0.3 is 10.3 Å². The molecule has 164 valence electrons. The van der Waals surface area contributed by atoms with Crippen molar-refractivity contribution >= 4 is 40.1 Å². The number of guanidine groups is 2. The number of benzene rings is 3. The highest BCUT2D eigenvalue weighted by Crippen LogP contribution is 2.49. The predicted octanol–water partition coefficient (Wildman–Crippen LogP) is 3.07. The lowest BCUT2D eigenvalue weighted by Crippen LogP contribution is -2.60. The van der Waals surface area contributed by atoms with Crippen LogP contribution in [0.1, 0.15) is 16.7 Å². The van der Waals surface area contributed by atoms with Crippen LogP contribution in [0.2, 0.25) is 0 Å². The Labute approximate surface area is 194 Å². The number of para-hydroxylation sites is 2. The summed E-state index contributed by atoms with van der Waals surface area (Å²) in [4.78, 5) is 37.1. The molecule has 1 amide bonds. The van der Waals surface area contributed by atoms with Crippen LogP contribution in [0.25, 0.3) is 10.9 Å². The summed E-state index contributed by atoms with van der Waals surface area (Å²) in [5.41, 5.74) is 5.15. The fourth-order valence-corrected chi connectivity index (χ4v) is 4.82. The van der Waals surface area contributed by atoms with Crippen molar-refractivity contribution in [2.24, 2.45) is 20.0 Å². The Balaban J connectivity index is 1.40. The molecular formula is C26H19N7O. The first-order valence-corrected chi connectivity index (χ1v) is 11.1. The van der Waals surface area contributed by atoms with Crippen molar-refractivity contribution < 1.29 is 4.79 Å². The van der Waals surface area contributed by atoms with E-state index in [1.54, 1.807) is 0 Å². The number of carbonyl (C=O) groups excluding carboxylic acids is 1. The molecule has 1 aromatic heterocycles. The molecule has 3 aromatic carbocycles. The van der Waals surface area contributed by atoms with Gasteiger partial charge in [-0.2, -0.15) is 9.98 Å². The first-order valence-electron chi connectivity index (χ1n) is 11.1. The zero-order chi connectivity index (χ0) is 23.0. The van der Waals surface area contributed by atoms with Crippen molar-refractivity contribution in [1.29, 1.82) is 0 Å². The number of carbonyl (C=O) groups is 1. The highest BCUT2D eigenvalue weighted by molar-refractivity contribution is 6.21. The van der Waals surface area contributed by atoms with E-state index in [9.17, 15) is 4.79 Å². The number of hydrogen-bond donors (Lipinski definition) is 2. The van der Waals surface area contributed by atoms with Crippen molar-refractivity contribution in [1.82, 2.24) is 4.98 Å². The van der Waals surface area contributed by atoms with Gasteiger partial charge in [0.1, 0.15) is 5.36 Å². The van der Waals surface area contributed by atoms with E-state index in [0.717, 1.165) is 38.8 Å². The zero-order valence-electron chi connectivity index (χ0n) is 18.5. The molecule has 1 spiro atoms. The van der Waals surface area contributed by atoms with Crippen LogP contribution in [0.15, 0.2) is 86.7 Å². The van der Waals surface area contributed by atoms with Crippen LogP contribution in [0.5, 0.6) is 0 Å². The maximum Gasteiger partial charge on any atom is 0.278 e. The molecule has 3 aliphatic rings. The van der Waals surface area contributed by atoms with Crippen LogP contribution in [-0.4, -0.2) is 22.8 Å². The molecule has 3 aliphatic heterocycles. The summed E-state index contributed by atoms with van der Waals surface area (Å²) in [6, 6.07) is 21.7. The molecule has 2 N–H and O–H groups in total. The van der Waals surface area contributed by atoms with Gasteiger partial charge in [-0.25, -0.2) is 9.98 Å². The largest absolute Gasteiger partial charge is 0.338 e. The van der Waals surface area contributed by atoms with E-state index >= 15 is 0 Å². The third-order valence-electron chi connectivity index (χ3n) is 6.68. The van der Waals surface area contributed by atoms with Crippen LogP contribution in [0, 0.1) is 13.8 Å². The highest BCUT2D eigenvalue weighted by Gasteiger charge is 2.59. The third-order valence-corrected chi connectivity index (χ3v) is 6.68. The molecule has 7 rings (SSSR count). The van der Waals surface area contributed by atoms with E-state index in [2.05, 4.69) is 45.2 Å². The van der Waals surface area contributed by atoms with Gasteiger partial charge >= 0.3 is 0 Å². The Morgan fingerprint density at radius 1 is 0.941 bits per heavy atom. The van der Waals surface area contributed by atoms with E-state index < -0.39 is 5.66 Å². The number of rotatable bonds is 1. The van der Waals surface area contributed by atoms with Gasteiger partial charge in [0.25, 0.3) is 11.9 Å². The van der Waals surface area contributed by atoms with E-state index in [-0.39, 0.29) is 5.91 Å². The monoisotopic (exact) mass is 445 g/mol. The summed E-state index contributed by atoms with van der Waals surface area (Å²) in [6.07, 6.45) is 0. The summed E-state index contributed by atoms with van der Waals surface area (Å²) in [7, 11) is 0. The summed E-state index contributed by atoms with van der Waals surface area (Å²) < 4.78 is 0. The van der Waals surface area contributed by atoms with Gasteiger partial charge in [-0.15, -0.1) is 0 Å². The third kappa shape index (κ3) is 2.39. The van der Waals surface area contributed by atoms with Crippen molar-refractivity contribution in [3.05, 3.63) is 94.3 Å². The Morgan fingerprint density at radius 3 is 2.65 bits per heavy atom. The van der Waals surface area contributed by atoms with Gasteiger partial charge in [-0.05, 0) is 49.2 Å².